The van der Waals surface area contributed by atoms with Crippen LogP contribution in [0.5, 0.6) is 0 Å². The highest BCUT2D eigenvalue weighted by atomic mass is 35.5. The molecule has 0 saturated heterocycles. The molecule has 0 atom stereocenters. The second kappa shape index (κ2) is 5.51. The molecule has 0 spiro atoms. The standard InChI is InChI=1S/C17H14ClNO/c1-12-7-9-14(10-8-12)17-19-15(11-18)16(20-17)13-5-3-2-4-6-13/h2-10H,11H2,1H3. The summed E-state index contributed by atoms with van der Waals surface area (Å²) in [6.45, 7) is 2.05. The van der Waals surface area contributed by atoms with E-state index in [2.05, 4.69) is 11.9 Å². The molecule has 0 aliphatic rings. The number of aromatic nitrogens is 1. The van der Waals surface area contributed by atoms with Gasteiger partial charge in [0.15, 0.2) is 5.76 Å². The first-order valence-electron chi connectivity index (χ1n) is 6.46. The fourth-order valence-corrected chi connectivity index (χ4v) is 2.26. The minimum Gasteiger partial charge on any atom is -0.436 e. The molecule has 0 saturated carbocycles. The van der Waals surface area contributed by atoms with Gasteiger partial charge in [-0.1, -0.05) is 48.0 Å². The maximum atomic E-state index is 5.99. The monoisotopic (exact) mass is 283 g/mol. The molecule has 0 bridgehead atoms. The Labute approximate surface area is 123 Å². The van der Waals surface area contributed by atoms with E-state index in [-0.39, 0.29) is 0 Å². The molecule has 3 heteroatoms. The Morgan fingerprint density at radius 2 is 1.65 bits per heavy atom. The minimum atomic E-state index is 0.333. The second-order valence-electron chi connectivity index (χ2n) is 4.66. The quantitative estimate of drug-likeness (QED) is 0.628. The first kappa shape index (κ1) is 12.9. The Bertz CT molecular complexity index is 702. The van der Waals surface area contributed by atoms with Crippen molar-refractivity contribution >= 4 is 11.6 Å². The smallest absolute Gasteiger partial charge is 0.227 e. The number of halogens is 1. The number of hydrogen-bond acceptors (Lipinski definition) is 2. The highest BCUT2D eigenvalue weighted by molar-refractivity contribution is 6.17. The van der Waals surface area contributed by atoms with E-state index in [1.54, 1.807) is 0 Å². The Balaban J connectivity index is 2.07. The Morgan fingerprint density at radius 1 is 0.950 bits per heavy atom. The fourth-order valence-electron chi connectivity index (χ4n) is 2.08. The van der Waals surface area contributed by atoms with Crippen molar-refractivity contribution in [3.8, 4) is 22.8 Å². The number of oxazole rings is 1. The molecule has 1 heterocycles. The summed E-state index contributed by atoms with van der Waals surface area (Å²) >= 11 is 5.99. The lowest BCUT2D eigenvalue weighted by Gasteiger charge is -1.98. The lowest BCUT2D eigenvalue weighted by Crippen LogP contribution is -1.83. The topological polar surface area (TPSA) is 26.0 Å². The van der Waals surface area contributed by atoms with Gasteiger partial charge in [0, 0.05) is 11.1 Å². The van der Waals surface area contributed by atoms with Crippen molar-refractivity contribution in [2.75, 3.05) is 0 Å². The number of nitrogens with zero attached hydrogens (tertiary/aromatic N) is 1. The summed E-state index contributed by atoms with van der Waals surface area (Å²) in [5, 5.41) is 0. The summed E-state index contributed by atoms with van der Waals surface area (Å²) in [6.07, 6.45) is 0. The molecule has 2 nitrogen and oxygen atoms in total. The molecule has 20 heavy (non-hydrogen) atoms. The molecule has 100 valence electrons. The van der Waals surface area contributed by atoms with Crippen LogP contribution in [0.1, 0.15) is 11.3 Å². The lowest BCUT2D eigenvalue weighted by molar-refractivity contribution is 0.588. The molecule has 0 N–H and O–H groups in total. The summed E-state index contributed by atoms with van der Waals surface area (Å²) in [5.74, 6) is 1.69. The van der Waals surface area contributed by atoms with Gasteiger partial charge < -0.3 is 4.42 Å². The fraction of sp³-hybridized carbons (Fsp3) is 0.118. The zero-order chi connectivity index (χ0) is 13.9. The average molecular weight is 284 g/mol. The van der Waals surface area contributed by atoms with Crippen molar-refractivity contribution in [1.82, 2.24) is 4.98 Å². The first-order valence-corrected chi connectivity index (χ1v) is 6.99. The molecule has 0 fully saturated rings. The van der Waals surface area contributed by atoms with E-state index in [0.717, 1.165) is 22.6 Å². The van der Waals surface area contributed by atoms with Crippen LogP contribution < -0.4 is 0 Å². The molecule has 0 aliphatic carbocycles. The van der Waals surface area contributed by atoms with Crippen LogP contribution >= 0.6 is 11.6 Å². The molecular formula is C17H14ClNO. The maximum Gasteiger partial charge on any atom is 0.227 e. The SMILES string of the molecule is Cc1ccc(-c2nc(CCl)c(-c3ccccc3)o2)cc1. The highest BCUT2D eigenvalue weighted by Crippen LogP contribution is 2.30. The van der Waals surface area contributed by atoms with E-state index in [9.17, 15) is 0 Å². The van der Waals surface area contributed by atoms with E-state index in [1.807, 2.05) is 54.6 Å². The number of hydrogen-bond donors (Lipinski definition) is 0. The van der Waals surface area contributed by atoms with Gasteiger partial charge in [-0.3, -0.25) is 0 Å². The normalized spacial score (nSPS) is 10.7. The molecule has 1 aromatic heterocycles. The predicted molar refractivity (Wildman–Crippen MR) is 81.7 cm³/mol. The molecule has 0 amide bonds. The van der Waals surface area contributed by atoms with E-state index < -0.39 is 0 Å². The van der Waals surface area contributed by atoms with Crippen molar-refractivity contribution < 1.29 is 4.42 Å². The molecule has 2 aromatic carbocycles. The van der Waals surface area contributed by atoms with E-state index in [4.69, 9.17) is 16.0 Å². The van der Waals surface area contributed by atoms with Crippen LogP contribution in [0.15, 0.2) is 59.0 Å². The van der Waals surface area contributed by atoms with Crippen LogP contribution in [0.2, 0.25) is 0 Å². The zero-order valence-electron chi connectivity index (χ0n) is 11.1. The minimum absolute atomic E-state index is 0.333. The van der Waals surface area contributed by atoms with Crippen molar-refractivity contribution in [1.29, 1.82) is 0 Å². The van der Waals surface area contributed by atoms with Crippen molar-refractivity contribution in [3.63, 3.8) is 0 Å². The van der Waals surface area contributed by atoms with Crippen molar-refractivity contribution in [3.05, 3.63) is 65.9 Å². The number of alkyl halides is 1. The van der Waals surface area contributed by atoms with Gasteiger partial charge >= 0.3 is 0 Å². The molecular weight excluding hydrogens is 270 g/mol. The Hall–Kier alpha value is -2.06. The van der Waals surface area contributed by atoms with Crippen LogP contribution in [0, 0.1) is 6.92 Å². The van der Waals surface area contributed by atoms with Crippen molar-refractivity contribution in [2.45, 2.75) is 12.8 Å². The van der Waals surface area contributed by atoms with Gasteiger partial charge in [0.2, 0.25) is 5.89 Å². The Morgan fingerprint density at radius 3 is 2.30 bits per heavy atom. The molecule has 0 radical (unpaired) electrons. The third-order valence-electron chi connectivity index (χ3n) is 3.16. The van der Waals surface area contributed by atoms with E-state index in [0.29, 0.717) is 11.8 Å². The van der Waals surface area contributed by atoms with Crippen LogP contribution in [0.4, 0.5) is 0 Å². The molecule has 3 aromatic rings. The zero-order valence-corrected chi connectivity index (χ0v) is 11.9. The molecule has 0 aliphatic heterocycles. The van der Waals surface area contributed by atoms with Crippen molar-refractivity contribution in [2.24, 2.45) is 0 Å². The van der Waals surface area contributed by atoms with E-state index >= 15 is 0 Å². The van der Waals surface area contributed by atoms with E-state index in [1.165, 1.54) is 5.56 Å². The summed E-state index contributed by atoms with van der Waals surface area (Å²) in [6, 6.07) is 18.0. The van der Waals surface area contributed by atoms with Gasteiger partial charge in [0.25, 0.3) is 0 Å². The summed E-state index contributed by atoms with van der Waals surface area (Å²) in [5.41, 5.74) is 3.94. The summed E-state index contributed by atoms with van der Waals surface area (Å²) < 4.78 is 5.92. The van der Waals surface area contributed by atoms with Crippen LogP contribution in [0.25, 0.3) is 22.8 Å². The Kier molecular flexibility index (Phi) is 3.57. The van der Waals surface area contributed by atoms with Gasteiger partial charge in [0.1, 0.15) is 5.69 Å². The van der Waals surface area contributed by atoms with Gasteiger partial charge in [-0.25, -0.2) is 4.98 Å². The number of benzene rings is 2. The third-order valence-corrected chi connectivity index (χ3v) is 3.41. The van der Waals surface area contributed by atoms with Gasteiger partial charge in [-0.15, -0.1) is 11.6 Å². The van der Waals surface area contributed by atoms with Gasteiger partial charge in [-0.05, 0) is 19.1 Å². The lowest BCUT2D eigenvalue weighted by atomic mass is 10.1. The predicted octanol–water partition coefficient (Wildman–Crippen LogP) is 5.06. The molecule has 0 unspecified atom stereocenters. The third kappa shape index (κ3) is 2.47. The number of rotatable bonds is 3. The average Bonchev–Trinajstić information content (AvgIpc) is 2.93. The van der Waals surface area contributed by atoms with Gasteiger partial charge in [0.05, 0.1) is 5.88 Å². The largest absolute Gasteiger partial charge is 0.436 e. The van der Waals surface area contributed by atoms with Gasteiger partial charge in [-0.2, -0.15) is 0 Å². The molecule has 3 rings (SSSR count). The number of aryl methyl sites for hydroxylation is 1. The second-order valence-corrected chi connectivity index (χ2v) is 4.93. The summed E-state index contributed by atoms with van der Waals surface area (Å²) in [4.78, 5) is 4.51. The van der Waals surface area contributed by atoms with Crippen LogP contribution in [0.3, 0.4) is 0 Å². The maximum absolute atomic E-state index is 5.99. The van der Waals surface area contributed by atoms with Crippen LogP contribution in [-0.2, 0) is 5.88 Å². The summed E-state index contributed by atoms with van der Waals surface area (Å²) in [7, 11) is 0. The van der Waals surface area contributed by atoms with Crippen LogP contribution in [-0.4, -0.2) is 4.98 Å². The first-order chi connectivity index (χ1) is 9.78. The highest BCUT2D eigenvalue weighted by Gasteiger charge is 2.15.